The van der Waals surface area contributed by atoms with E-state index in [1.165, 1.54) is 0 Å². The molecule has 1 saturated heterocycles. The fourth-order valence-electron chi connectivity index (χ4n) is 2.01. The van der Waals surface area contributed by atoms with E-state index >= 15 is 0 Å². The second-order valence-corrected chi connectivity index (χ2v) is 3.87. The van der Waals surface area contributed by atoms with Crippen LogP contribution in [0.5, 0.6) is 0 Å². The molecule has 2 heterocycles. The molecule has 0 aromatic carbocycles. The van der Waals surface area contributed by atoms with E-state index in [2.05, 4.69) is 13.0 Å². The van der Waals surface area contributed by atoms with Gasteiger partial charge in [-0.2, -0.15) is 0 Å². The first-order valence-electron chi connectivity index (χ1n) is 4.99. The Bertz CT molecular complexity index is 215. The van der Waals surface area contributed by atoms with Crippen LogP contribution in [0.25, 0.3) is 0 Å². The van der Waals surface area contributed by atoms with E-state index < -0.39 is 0 Å². The van der Waals surface area contributed by atoms with Crippen LogP contribution in [0.1, 0.15) is 19.8 Å². The summed E-state index contributed by atoms with van der Waals surface area (Å²) in [5.41, 5.74) is 6.06. The van der Waals surface area contributed by atoms with Crippen LogP contribution in [0.3, 0.4) is 0 Å². The van der Waals surface area contributed by atoms with Gasteiger partial charge in [-0.1, -0.05) is 6.92 Å². The topological polar surface area (TPSA) is 44.5 Å². The smallest absolute Gasteiger partial charge is 0.111 e. The zero-order valence-electron chi connectivity index (χ0n) is 8.03. The molecule has 2 rings (SSSR count). The van der Waals surface area contributed by atoms with Crippen LogP contribution < -0.4 is 5.73 Å². The maximum atomic E-state index is 6.06. The van der Waals surface area contributed by atoms with Gasteiger partial charge in [-0.3, -0.25) is 0 Å². The van der Waals surface area contributed by atoms with Crippen molar-refractivity contribution in [1.82, 2.24) is 0 Å². The van der Waals surface area contributed by atoms with Crippen LogP contribution >= 0.6 is 0 Å². The number of hydrogen-bond acceptors (Lipinski definition) is 3. The molecular weight excluding hydrogens is 166 g/mol. The maximum absolute atomic E-state index is 6.06. The molecule has 0 radical (unpaired) electrons. The molecule has 1 fully saturated rings. The Morgan fingerprint density at radius 1 is 1.54 bits per heavy atom. The molecule has 2 N–H and O–H groups in total. The Balaban J connectivity index is 1.99. The van der Waals surface area contributed by atoms with Crippen molar-refractivity contribution in [3.8, 4) is 0 Å². The van der Waals surface area contributed by atoms with Gasteiger partial charge in [0.2, 0.25) is 0 Å². The minimum absolute atomic E-state index is 0.0556. The third-order valence-electron chi connectivity index (χ3n) is 2.86. The molecule has 3 heteroatoms. The summed E-state index contributed by atoms with van der Waals surface area (Å²) < 4.78 is 11.0. The Morgan fingerprint density at radius 3 is 2.92 bits per heavy atom. The van der Waals surface area contributed by atoms with E-state index in [1.807, 2.05) is 0 Å². The van der Waals surface area contributed by atoms with Crippen LogP contribution in [0.2, 0.25) is 0 Å². The van der Waals surface area contributed by atoms with E-state index in [4.69, 9.17) is 15.2 Å². The molecule has 3 unspecified atom stereocenters. The summed E-state index contributed by atoms with van der Waals surface area (Å²) in [5, 5.41) is 0. The summed E-state index contributed by atoms with van der Waals surface area (Å²) in [4.78, 5) is 0. The highest BCUT2D eigenvalue weighted by Crippen LogP contribution is 2.26. The molecule has 0 spiro atoms. The normalized spacial score (nSPS) is 35.7. The lowest BCUT2D eigenvalue weighted by molar-refractivity contribution is 0.0637. The SMILES string of the molecule is CC1CCOC1C(N)C1=CCCO1. The second-order valence-electron chi connectivity index (χ2n) is 3.87. The van der Waals surface area contributed by atoms with Crippen molar-refractivity contribution in [1.29, 1.82) is 0 Å². The number of hydrogen-bond donors (Lipinski definition) is 1. The lowest BCUT2D eigenvalue weighted by atomic mass is 9.97. The van der Waals surface area contributed by atoms with Gasteiger partial charge in [0, 0.05) is 13.0 Å². The van der Waals surface area contributed by atoms with Crippen molar-refractivity contribution in [2.24, 2.45) is 11.7 Å². The van der Waals surface area contributed by atoms with Gasteiger partial charge < -0.3 is 15.2 Å². The third kappa shape index (κ3) is 1.71. The first kappa shape index (κ1) is 9.03. The van der Waals surface area contributed by atoms with Gasteiger partial charge in [0.25, 0.3) is 0 Å². The number of ether oxygens (including phenoxy) is 2. The Kier molecular flexibility index (Phi) is 2.56. The van der Waals surface area contributed by atoms with Crippen molar-refractivity contribution in [2.45, 2.75) is 31.9 Å². The highest BCUT2D eigenvalue weighted by Gasteiger charge is 2.33. The molecule has 0 saturated carbocycles. The molecular formula is C10H17NO2. The highest BCUT2D eigenvalue weighted by molar-refractivity contribution is 5.10. The number of rotatable bonds is 2. The number of nitrogens with two attached hydrogens (primary N) is 1. The molecule has 3 nitrogen and oxygen atoms in total. The van der Waals surface area contributed by atoms with Crippen LogP contribution in [0.15, 0.2) is 11.8 Å². The van der Waals surface area contributed by atoms with E-state index in [0.29, 0.717) is 5.92 Å². The quantitative estimate of drug-likeness (QED) is 0.695. The van der Waals surface area contributed by atoms with E-state index in [0.717, 1.165) is 31.8 Å². The second kappa shape index (κ2) is 3.68. The Labute approximate surface area is 78.9 Å². The molecule has 0 amide bonds. The van der Waals surface area contributed by atoms with Crippen LogP contribution in [0, 0.1) is 5.92 Å². The zero-order valence-corrected chi connectivity index (χ0v) is 8.03. The van der Waals surface area contributed by atoms with Crippen molar-refractivity contribution in [3.63, 3.8) is 0 Å². The molecule has 0 bridgehead atoms. The fraction of sp³-hybridized carbons (Fsp3) is 0.800. The molecule has 2 aliphatic heterocycles. The summed E-state index contributed by atoms with van der Waals surface area (Å²) in [7, 11) is 0. The predicted molar refractivity (Wildman–Crippen MR) is 50.1 cm³/mol. The van der Waals surface area contributed by atoms with Crippen molar-refractivity contribution in [2.75, 3.05) is 13.2 Å². The van der Waals surface area contributed by atoms with Gasteiger partial charge in [0.05, 0.1) is 18.8 Å². The minimum Gasteiger partial charge on any atom is -0.496 e. The van der Waals surface area contributed by atoms with Gasteiger partial charge in [-0.05, 0) is 18.4 Å². The van der Waals surface area contributed by atoms with Crippen LogP contribution in [0.4, 0.5) is 0 Å². The summed E-state index contributed by atoms with van der Waals surface area (Å²) in [6, 6.07) is -0.0556. The lowest BCUT2D eigenvalue weighted by Crippen LogP contribution is -2.39. The van der Waals surface area contributed by atoms with Crippen molar-refractivity contribution < 1.29 is 9.47 Å². The summed E-state index contributed by atoms with van der Waals surface area (Å²) in [6.07, 6.45) is 4.35. The van der Waals surface area contributed by atoms with Crippen molar-refractivity contribution in [3.05, 3.63) is 11.8 Å². The van der Waals surface area contributed by atoms with Crippen LogP contribution in [-0.2, 0) is 9.47 Å². The van der Waals surface area contributed by atoms with Gasteiger partial charge in [-0.25, -0.2) is 0 Å². The molecule has 74 valence electrons. The zero-order chi connectivity index (χ0) is 9.26. The highest BCUT2D eigenvalue weighted by atomic mass is 16.5. The third-order valence-corrected chi connectivity index (χ3v) is 2.86. The van der Waals surface area contributed by atoms with Crippen LogP contribution in [-0.4, -0.2) is 25.4 Å². The monoisotopic (exact) mass is 183 g/mol. The lowest BCUT2D eigenvalue weighted by Gasteiger charge is -2.22. The molecule has 0 aliphatic carbocycles. The average Bonchev–Trinajstić information content (AvgIpc) is 2.72. The Hall–Kier alpha value is -0.540. The fourth-order valence-corrected chi connectivity index (χ4v) is 2.01. The van der Waals surface area contributed by atoms with E-state index in [9.17, 15) is 0 Å². The maximum Gasteiger partial charge on any atom is 0.111 e. The Morgan fingerprint density at radius 2 is 2.38 bits per heavy atom. The summed E-state index contributed by atoms with van der Waals surface area (Å²) in [5.74, 6) is 1.49. The molecule has 0 aromatic heterocycles. The first-order chi connectivity index (χ1) is 6.29. The van der Waals surface area contributed by atoms with Gasteiger partial charge in [0.1, 0.15) is 5.76 Å². The van der Waals surface area contributed by atoms with E-state index in [-0.39, 0.29) is 12.1 Å². The average molecular weight is 183 g/mol. The summed E-state index contributed by atoms with van der Waals surface area (Å²) >= 11 is 0. The molecule has 0 aromatic rings. The first-order valence-corrected chi connectivity index (χ1v) is 4.99. The standard InChI is InChI=1S/C10H17NO2/c1-7-4-6-13-10(7)9(11)8-3-2-5-12-8/h3,7,9-10H,2,4-6,11H2,1H3. The van der Waals surface area contributed by atoms with E-state index in [1.54, 1.807) is 0 Å². The van der Waals surface area contributed by atoms with Crippen molar-refractivity contribution >= 4 is 0 Å². The molecule has 13 heavy (non-hydrogen) atoms. The molecule has 3 atom stereocenters. The predicted octanol–water partition coefficient (Wildman–Crippen LogP) is 1.04. The minimum atomic E-state index is -0.0556. The van der Waals surface area contributed by atoms with Gasteiger partial charge in [-0.15, -0.1) is 0 Å². The molecule has 2 aliphatic rings. The van der Waals surface area contributed by atoms with Gasteiger partial charge in [0.15, 0.2) is 0 Å². The largest absolute Gasteiger partial charge is 0.496 e. The van der Waals surface area contributed by atoms with Gasteiger partial charge >= 0.3 is 0 Å². The summed E-state index contributed by atoms with van der Waals surface area (Å²) in [6.45, 7) is 3.81.